The van der Waals surface area contributed by atoms with E-state index in [0.717, 1.165) is 23.2 Å². The minimum absolute atomic E-state index is 0.641. The van der Waals surface area contributed by atoms with E-state index < -0.39 is 0 Å². The van der Waals surface area contributed by atoms with Crippen LogP contribution < -0.4 is 9.47 Å². The predicted octanol–water partition coefficient (Wildman–Crippen LogP) is 2.18. The quantitative estimate of drug-likeness (QED) is 0.810. The van der Waals surface area contributed by atoms with Gasteiger partial charge in [0.1, 0.15) is 12.4 Å². The van der Waals surface area contributed by atoms with Crippen molar-refractivity contribution in [2.75, 3.05) is 34.4 Å². The number of aromatic nitrogens is 1. The highest BCUT2D eigenvalue weighted by Crippen LogP contribution is 2.21. The molecule has 0 amide bonds. The van der Waals surface area contributed by atoms with E-state index in [-0.39, 0.29) is 0 Å². The smallest absolute Gasteiger partial charge is 0.213 e. The first-order chi connectivity index (χ1) is 8.69. The Balaban J connectivity index is 2.12. The third-order valence-electron chi connectivity index (χ3n) is 2.66. The Kier molecular flexibility index (Phi) is 3.99. The summed E-state index contributed by atoms with van der Waals surface area (Å²) < 4.78 is 10.8. The fourth-order valence-electron chi connectivity index (χ4n) is 1.63. The van der Waals surface area contributed by atoms with E-state index >= 15 is 0 Å². The maximum absolute atomic E-state index is 5.60. The summed E-state index contributed by atoms with van der Waals surface area (Å²) in [4.78, 5) is 6.53. The van der Waals surface area contributed by atoms with Gasteiger partial charge in [0.2, 0.25) is 5.88 Å². The lowest BCUT2D eigenvalue weighted by Crippen LogP contribution is -2.19. The van der Waals surface area contributed by atoms with Crippen molar-refractivity contribution in [3.63, 3.8) is 0 Å². The van der Waals surface area contributed by atoms with Gasteiger partial charge in [0.15, 0.2) is 0 Å². The number of fused-ring (bicyclic) bond motifs is 1. The van der Waals surface area contributed by atoms with Gasteiger partial charge in [0, 0.05) is 18.0 Å². The van der Waals surface area contributed by atoms with E-state index in [9.17, 15) is 0 Å². The molecule has 0 fully saturated rings. The van der Waals surface area contributed by atoms with Gasteiger partial charge >= 0.3 is 0 Å². The normalized spacial score (nSPS) is 10.9. The lowest BCUT2D eigenvalue weighted by molar-refractivity contribution is 0.254. The molecule has 0 saturated carbocycles. The molecule has 0 unspecified atom stereocenters. The average Bonchev–Trinajstić information content (AvgIpc) is 2.37. The second kappa shape index (κ2) is 5.69. The maximum atomic E-state index is 5.60. The van der Waals surface area contributed by atoms with E-state index in [4.69, 9.17) is 9.47 Å². The van der Waals surface area contributed by atoms with E-state index in [0.29, 0.717) is 12.5 Å². The number of pyridine rings is 1. The first-order valence-electron chi connectivity index (χ1n) is 5.91. The van der Waals surface area contributed by atoms with Crippen molar-refractivity contribution in [2.24, 2.45) is 0 Å². The Bertz CT molecular complexity index is 526. The van der Waals surface area contributed by atoms with Crippen molar-refractivity contribution >= 4 is 10.9 Å². The summed E-state index contributed by atoms with van der Waals surface area (Å²) in [6.45, 7) is 1.52. The zero-order valence-electron chi connectivity index (χ0n) is 11.0. The highest BCUT2D eigenvalue weighted by Gasteiger charge is 2.01. The maximum Gasteiger partial charge on any atom is 0.213 e. The summed E-state index contributed by atoms with van der Waals surface area (Å²) in [6, 6.07) is 9.69. The van der Waals surface area contributed by atoms with Gasteiger partial charge in [-0.15, -0.1) is 0 Å². The largest absolute Gasteiger partial charge is 0.497 e. The molecule has 0 bridgehead atoms. The molecule has 1 heterocycles. The van der Waals surface area contributed by atoms with Crippen molar-refractivity contribution in [1.82, 2.24) is 9.88 Å². The first-order valence-corrected chi connectivity index (χ1v) is 5.91. The van der Waals surface area contributed by atoms with Crippen LogP contribution in [0.2, 0.25) is 0 Å². The Hall–Kier alpha value is -1.81. The molecule has 4 nitrogen and oxygen atoms in total. The van der Waals surface area contributed by atoms with Crippen molar-refractivity contribution in [3.8, 4) is 11.6 Å². The van der Waals surface area contributed by atoms with Crippen molar-refractivity contribution < 1.29 is 9.47 Å². The molecule has 0 aliphatic carbocycles. The van der Waals surface area contributed by atoms with Crippen LogP contribution in [-0.4, -0.2) is 44.2 Å². The zero-order valence-corrected chi connectivity index (χ0v) is 11.0. The van der Waals surface area contributed by atoms with Crippen LogP contribution in [0, 0.1) is 0 Å². The van der Waals surface area contributed by atoms with Crippen molar-refractivity contribution in [2.45, 2.75) is 0 Å². The molecule has 0 radical (unpaired) electrons. The van der Waals surface area contributed by atoms with Gasteiger partial charge in [-0.1, -0.05) is 0 Å². The molecular weight excluding hydrogens is 228 g/mol. The molecule has 2 aromatic rings. The molecule has 2 rings (SSSR count). The summed E-state index contributed by atoms with van der Waals surface area (Å²) in [5.41, 5.74) is 0.915. The Morgan fingerprint density at radius 1 is 1.17 bits per heavy atom. The van der Waals surface area contributed by atoms with E-state index in [1.54, 1.807) is 7.11 Å². The monoisotopic (exact) mass is 246 g/mol. The number of benzene rings is 1. The summed E-state index contributed by atoms with van der Waals surface area (Å²) in [5.74, 6) is 1.50. The summed E-state index contributed by atoms with van der Waals surface area (Å²) in [7, 11) is 5.69. The molecule has 0 aliphatic rings. The van der Waals surface area contributed by atoms with Gasteiger partial charge in [-0.2, -0.15) is 0 Å². The van der Waals surface area contributed by atoms with Crippen LogP contribution in [0.3, 0.4) is 0 Å². The number of rotatable bonds is 5. The minimum Gasteiger partial charge on any atom is -0.497 e. The minimum atomic E-state index is 0.641. The molecule has 96 valence electrons. The summed E-state index contributed by atoms with van der Waals surface area (Å²) in [6.07, 6.45) is 0. The molecule has 4 heteroatoms. The highest BCUT2D eigenvalue weighted by molar-refractivity contribution is 5.80. The zero-order chi connectivity index (χ0) is 13.0. The van der Waals surface area contributed by atoms with Gasteiger partial charge in [0.05, 0.1) is 12.6 Å². The van der Waals surface area contributed by atoms with Gasteiger partial charge in [-0.25, -0.2) is 4.98 Å². The SMILES string of the molecule is COc1ccc2nc(OCCN(C)C)ccc2c1. The molecule has 0 N–H and O–H groups in total. The first kappa shape index (κ1) is 12.6. The van der Waals surface area contributed by atoms with Crippen LogP contribution >= 0.6 is 0 Å². The Morgan fingerprint density at radius 2 is 2.00 bits per heavy atom. The molecule has 0 atom stereocenters. The molecule has 1 aromatic heterocycles. The van der Waals surface area contributed by atoms with Crippen LogP contribution in [0.1, 0.15) is 0 Å². The number of hydrogen-bond acceptors (Lipinski definition) is 4. The van der Waals surface area contributed by atoms with E-state index in [1.807, 2.05) is 44.4 Å². The second-order valence-corrected chi connectivity index (χ2v) is 4.36. The van der Waals surface area contributed by atoms with E-state index in [1.165, 1.54) is 0 Å². The molecular formula is C14H18N2O2. The highest BCUT2D eigenvalue weighted by atomic mass is 16.5. The van der Waals surface area contributed by atoms with Crippen LogP contribution in [0.25, 0.3) is 10.9 Å². The molecule has 0 aliphatic heterocycles. The molecule has 1 aromatic carbocycles. The lowest BCUT2D eigenvalue weighted by atomic mass is 10.2. The number of methoxy groups -OCH3 is 1. The topological polar surface area (TPSA) is 34.6 Å². The predicted molar refractivity (Wildman–Crippen MR) is 72.3 cm³/mol. The third-order valence-corrected chi connectivity index (χ3v) is 2.66. The molecule has 0 spiro atoms. The Morgan fingerprint density at radius 3 is 2.72 bits per heavy atom. The van der Waals surface area contributed by atoms with Crippen LogP contribution in [0.4, 0.5) is 0 Å². The standard InChI is InChI=1S/C14H18N2O2/c1-16(2)8-9-18-14-7-4-11-10-12(17-3)5-6-13(11)15-14/h4-7,10H,8-9H2,1-3H3. The lowest BCUT2D eigenvalue weighted by Gasteiger charge is -2.10. The fourth-order valence-corrected chi connectivity index (χ4v) is 1.63. The van der Waals surface area contributed by atoms with Crippen LogP contribution in [0.15, 0.2) is 30.3 Å². The average molecular weight is 246 g/mol. The van der Waals surface area contributed by atoms with Crippen molar-refractivity contribution in [1.29, 1.82) is 0 Å². The van der Waals surface area contributed by atoms with Crippen LogP contribution in [-0.2, 0) is 0 Å². The van der Waals surface area contributed by atoms with Gasteiger partial charge in [0.25, 0.3) is 0 Å². The van der Waals surface area contributed by atoms with Crippen molar-refractivity contribution in [3.05, 3.63) is 30.3 Å². The number of ether oxygens (including phenoxy) is 2. The third kappa shape index (κ3) is 3.11. The Labute approximate surface area is 107 Å². The van der Waals surface area contributed by atoms with Gasteiger partial charge in [-0.3, -0.25) is 0 Å². The molecule has 18 heavy (non-hydrogen) atoms. The van der Waals surface area contributed by atoms with Crippen LogP contribution in [0.5, 0.6) is 11.6 Å². The number of hydrogen-bond donors (Lipinski definition) is 0. The summed E-state index contributed by atoms with van der Waals surface area (Å²) >= 11 is 0. The molecule has 0 saturated heterocycles. The summed E-state index contributed by atoms with van der Waals surface area (Å²) in [5, 5.41) is 1.05. The van der Waals surface area contributed by atoms with E-state index in [2.05, 4.69) is 9.88 Å². The van der Waals surface area contributed by atoms with Gasteiger partial charge in [-0.05, 0) is 38.4 Å². The number of likely N-dealkylation sites (N-methyl/N-ethyl adjacent to an activating group) is 1. The second-order valence-electron chi connectivity index (χ2n) is 4.36. The fraction of sp³-hybridized carbons (Fsp3) is 0.357. The number of nitrogens with zero attached hydrogens (tertiary/aromatic N) is 2. The van der Waals surface area contributed by atoms with Gasteiger partial charge < -0.3 is 14.4 Å².